The topological polar surface area (TPSA) is 163 Å². The normalized spacial score (nSPS) is 17.1. The Kier molecular flexibility index (Phi) is 12.4. The molecule has 1 fully saturated rings. The van der Waals surface area contributed by atoms with Gasteiger partial charge in [-0.1, -0.05) is 18.2 Å². The number of carbonyl (C=O) groups excluding carboxylic acids is 3. The summed E-state index contributed by atoms with van der Waals surface area (Å²) in [7, 11) is 0.910. The minimum Gasteiger partial charge on any atom is -0.493 e. The molecule has 2 aliphatic heterocycles. The maximum Gasteiger partial charge on any atom is 0.254 e. The van der Waals surface area contributed by atoms with Crippen LogP contribution in [0.25, 0.3) is 21.8 Å². The fourth-order valence-electron chi connectivity index (χ4n) is 7.97. The highest BCUT2D eigenvalue weighted by atomic mass is 32.2. The number of aromatic nitrogens is 2. The summed E-state index contributed by atoms with van der Waals surface area (Å²) < 4.78 is 43.8. The third-order valence-electron chi connectivity index (χ3n) is 11.0. The quantitative estimate of drug-likeness (QED) is 0.213. The van der Waals surface area contributed by atoms with Gasteiger partial charge in [-0.3, -0.25) is 14.4 Å². The molecule has 3 amide bonds. The Balaban J connectivity index is 1.24. The van der Waals surface area contributed by atoms with E-state index in [1.165, 1.54) is 19.2 Å². The van der Waals surface area contributed by atoms with Crippen molar-refractivity contribution in [1.29, 1.82) is 0 Å². The molecule has 1 atom stereocenters. The second kappa shape index (κ2) is 17.8. The van der Waals surface area contributed by atoms with E-state index in [-0.39, 0.29) is 66.9 Å². The molecule has 0 aliphatic carbocycles. The first-order chi connectivity index (χ1) is 28.1. The van der Waals surface area contributed by atoms with E-state index in [1.807, 2.05) is 30.5 Å². The first kappa shape index (κ1) is 40.4. The highest BCUT2D eigenvalue weighted by Gasteiger charge is 2.29. The van der Waals surface area contributed by atoms with Gasteiger partial charge >= 0.3 is 0 Å². The molecule has 5 aromatic rings. The molecule has 7 rings (SSSR count). The summed E-state index contributed by atoms with van der Waals surface area (Å²) in [5, 5.41) is 4.67. The van der Waals surface area contributed by atoms with Gasteiger partial charge in [0.2, 0.25) is 17.6 Å². The van der Waals surface area contributed by atoms with Crippen LogP contribution < -0.4 is 24.4 Å². The fraction of sp³-hybridized carbons (Fsp3) is 0.395. The van der Waals surface area contributed by atoms with Crippen molar-refractivity contribution in [3.63, 3.8) is 0 Å². The van der Waals surface area contributed by atoms with Crippen LogP contribution in [-0.4, -0.2) is 112 Å². The van der Waals surface area contributed by atoms with Gasteiger partial charge in [0, 0.05) is 85.4 Å². The van der Waals surface area contributed by atoms with Gasteiger partial charge in [-0.2, -0.15) is 0 Å². The van der Waals surface area contributed by atoms with Crippen molar-refractivity contribution in [2.24, 2.45) is 5.92 Å². The predicted molar refractivity (Wildman–Crippen MR) is 221 cm³/mol. The van der Waals surface area contributed by atoms with Crippen LogP contribution in [0.3, 0.4) is 0 Å². The van der Waals surface area contributed by atoms with Gasteiger partial charge < -0.3 is 39.2 Å². The van der Waals surface area contributed by atoms with Gasteiger partial charge in [0.05, 0.1) is 44.0 Å². The summed E-state index contributed by atoms with van der Waals surface area (Å²) in [6.07, 6.45) is 4.30. The Morgan fingerprint density at radius 3 is 2.40 bits per heavy atom. The Labute approximate surface area is 338 Å². The van der Waals surface area contributed by atoms with Gasteiger partial charge in [-0.05, 0) is 74.1 Å². The molecule has 2 N–H and O–H groups in total. The number of H-pyrrole nitrogens is 1. The van der Waals surface area contributed by atoms with Crippen molar-refractivity contribution in [1.82, 2.24) is 25.1 Å². The van der Waals surface area contributed by atoms with E-state index in [1.54, 1.807) is 54.4 Å². The minimum absolute atomic E-state index is 0.0944. The number of nitrogens with one attached hydrogen (secondary N) is 2. The molecule has 0 radical (unpaired) electrons. The number of sulfone groups is 1. The van der Waals surface area contributed by atoms with Crippen molar-refractivity contribution in [2.45, 2.75) is 43.5 Å². The van der Waals surface area contributed by atoms with Crippen LogP contribution in [0.4, 0.5) is 5.82 Å². The predicted octanol–water partition coefficient (Wildman–Crippen LogP) is 5.20. The Morgan fingerprint density at radius 1 is 0.862 bits per heavy atom. The maximum absolute atomic E-state index is 14.2. The molecule has 1 unspecified atom stereocenters. The van der Waals surface area contributed by atoms with Crippen molar-refractivity contribution >= 4 is 55.2 Å². The molecule has 14 nitrogen and oxygen atoms in total. The summed E-state index contributed by atoms with van der Waals surface area (Å²) in [5.41, 5.74) is 2.76. The smallest absolute Gasteiger partial charge is 0.254 e. The van der Waals surface area contributed by atoms with E-state index >= 15 is 0 Å². The van der Waals surface area contributed by atoms with Gasteiger partial charge in [0.25, 0.3) is 5.91 Å². The Bertz CT molecular complexity index is 2400. The van der Waals surface area contributed by atoms with Crippen LogP contribution in [0.2, 0.25) is 0 Å². The molecule has 0 spiro atoms. The van der Waals surface area contributed by atoms with E-state index in [9.17, 15) is 22.8 Å². The molecule has 0 saturated carbocycles. The lowest BCUT2D eigenvalue weighted by Crippen LogP contribution is -2.45. The standard InChI is InChI=1S/C43H50N6O8S/c1-55-37-24-36-34(40(56-2)41(37)57-3)23-32-27-47(39(51)16-21-58(53,54)33-11-5-4-6-12-33)18-7-8-19-49(43(52)31-13-14-35-30(22-31)15-17-44-35)28-38(50)45-25-29-10-9-20-48(26-29)42(32)46-36/h4-6,11-15,17,22-24,29,44H,7-10,16,18-21,25-28H2,1-3H3,(H,45,50). The molecule has 4 heterocycles. The van der Waals surface area contributed by atoms with Gasteiger partial charge in [0.1, 0.15) is 5.82 Å². The second-order valence-electron chi connectivity index (χ2n) is 14.9. The van der Waals surface area contributed by atoms with E-state index in [0.29, 0.717) is 72.0 Å². The third-order valence-corrected chi connectivity index (χ3v) is 12.7. The summed E-state index contributed by atoms with van der Waals surface area (Å²) in [5.74, 6) is 0.919. The number of anilines is 1. The monoisotopic (exact) mass is 810 g/mol. The first-order valence-corrected chi connectivity index (χ1v) is 21.3. The molecular formula is C43H50N6O8S. The summed E-state index contributed by atoms with van der Waals surface area (Å²) in [4.78, 5) is 55.6. The number of piperidine rings is 1. The Morgan fingerprint density at radius 2 is 1.64 bits per heavy atom. The zero-order valence-corrected chi connectivity index (χ0v) is 34.0. The van der Waals surface area contributed by atoms with Crippen molar-refractivity contribution < 1.29 is 37.0 Å². The van der Waals surface area contributed by atoms with Crippen LogP contribution in [0.1, 0.15) is 48.0 Å². The molecule has 58 heavy (non-hydrogen) atoms. The van der Waals surface area contributed by atoms with Crippen LogP contribution in [0, 0.1) is 5.92 Å². The molecule has 2 aliphatic rings. The van der Waals surface area contributed by atoms with Crippen molar-refractivity contribution in [2.75, 3.05) is 71.3 Å². The van der Waals surface area contributed by atoms with E-state index in [0.717, 1.165) is 29.3 Å². The van der Waals surface area contributed by atoms with Gasteiger partial charge in [-0.15, -0.1) is 0 Å². The lowest BCUT2D eigenvalue weighted by atomic mass is 9.97. The number of hydrogen-bond donors (Lipinski definition) is 2. The number of amides is 3. The van der Waals surface area contributed by atoms with E-state index in [4.69, 9.17) is 19.2 Å². The number of benzene rings is 3. The molecule has 2 aromatic heterocycles. The zero-order chi connectivity index (χ0) is 40.8. The molecule has 15 heteroatoms. The van der Waals surface area contributed by atoms with E-state index < -0.39 is 9.84 Å². The fourth-order valence-corrected chi connectivity index (χ4v) is 9.22. The number of pyridine rings is 1. The van der Waals surface area contributed by atoms with E-state index in [2.05, 4.69) is 15.2 Å². The zero-order valence-electron chi connectivity index (χ0n) is 33.2. The number of carbonyl (C=O) groups is 3. The maximum atomic E-state index is 14.2. The number of fused-ring (bicyclic) bond motifs is 6. The minimum atomic E-state index is -3.73. The number of hydrogen-bond acceptors (Lipinski definition) is 10. The van der Waals surface area contributed by atoms with Crippen LogP contribution >= 0.6 is 0 Å². The number of rotatable bonds is 8. The summed E-state index contributed by atoms with van der Waals surface area (Å²) >= 11 is 0. The molecule has 3 aromatic carbocycles. The second-order valence-corrected chi connectivity index (χ2v) is 17.0. The lowest BCUT2D eigenvalue weighted by Gasteiger charge is -2.36. The summed E-state index contributed by atoms with van der Waals surface area (Å²) in [6, 6.07) is 19.2. The SMILES string of the molecule is COc1cc2nc3c(cc2c(OC)c1OC)CN(C(=O)CCS(=O)(=O)c1ccccc1)CCCCN(C(=O)c1ccc2[nH]ccc2c1)CC(=O)NCC1CCCN3C1. The average Bonchev–Trinajstić information content (AvgIpc) is 3.72. The third kappa shape index (κ3) is 8.84. The molecular weight excluding hydrogens is 761 g/mol. The Hall–Kier alpha value is -5.83. The van der Waals surface area contributed by atoms with Gasteiger partial charge in [0.15, 0.2) is 21.3 Å². The molecule has 306 valence electrons. The average molecular weight is 811 g/mol. The number of nitrogens with zero attached hydrogens (tertiary/aromatic N) is 4. The number of methoxy groups -OCH3 is 3. The molecule has 2 bridgehead atoms. The van der Waals surface area contributed by atoms with Crippen molar-refractivity contribution in [3.8, 4) is 17.2 Å². The highest BCUT2D eigenvalue weighted by molar-refractivity contribution is 7.91. The molecule has 1 saturated heterocycles. The van der Waals surface area contributed by atoms with Crippen LogP contribution in [0.15, 0.2) is 77.8 Å². The van der Waals surface area contributed by atoms with Gasteiger partial charge in [-0.25, -0.2) is 13.4 Å². The summed E-state index contributed by atoms with van der Waals surface area (Å²) in [6.45, 7) is 2.32. The number of aromatic amines is 1. The van der Waals surface area contributed by atoms with Crippen LogP contribution in [-0.2, 0) is 26.0 Å². The largest absolute Gasteiger partial charge is 0.493 e. The van der Waals surface area contributed by atoms with Crippen molar-refractivity contribution in [3.05, 3.63) is 84.1 Å². The first-order valence-electron chi connectivity index (χ1n) is 19.6. The lowest BCUT2D eigenvalue weighted by molar-refractivity contribution is -0.131. The number of ether oxygens (including phenoxy) is 3. The van der Waals surface area contributed by atoms with Crippen LogP contribution in [0.5, 0.6) is 17.2 Å². The highest BCUT2D eigenvalue weighted by Crippen LogP contribution is 2.44.